The molecule has 0 amide bonds. The Hall–Kier alpha value is -1.10. The van der Waals surface area contributed by atoms with Crippen molar-refractivity contribution in [3.8, 4) is 6.07 Å². The number of hydrogen-bond donors (Lipinski definition) is 0. The lowest BCUT2D eigenvalue weighted by molar-refractivity contribution is 1.09. The molecule has 0 aromatic heterocycles. The van der Waals surface area contributed by atoms with Crippen LogP contribution in [0.4, 0.5) is 0 Å². The number of aliphatic imine (C=N–C) groups is 1. The van der Waals surface area contributed by atoms with Crippen LogP contribution in [0.1, 0.15) is 0 Å². The van der Waals surface area contributed by atoms with E-state index < -0.39 is 0 Å². The molecule has 1 aliphatic heterocycles. The van der Waals surface area contributed by atoms with Gasteiger partial charge in [0, 0.05) is 6.21 Å². The molecular weight excluding hydrogens is 100 g/mol. The lowest BCUT2D eigenvalue weighted by Gasteiger charge is -1.98. The number of hydrogen-bond acceptors (Lipinski definition) is 2. The Morgan fingerprint density at radius 1 is 1.75 bits per heavy atom. The van der Waals surface area contributed by atoms with Gasteiger partial charge in [0.1, 0.15) is 5.92 Å². The summed E-state index contributed by atoms with van der Waals surface area (Å²) in [7, 11) is 0. The fraction of sp³-hybridized carbons (Fsp3) is 0.167. The first-order valence-corrected chi connectivity index (χ1v) is 2.36. The third kappa shape index (κ3) is 0.941. The molecule has 0 aromatic carbocycles. The molecule has 0 atom stereocenters. The SMILES string of the molecule is N#C[C]1C=CC=NC1. The molecule has 1 radical (unpaired) electrons. The van der Waals surface area contributed by atoms with Crippen molar-refractivity contribution in [3.05, 3.63) is 18.1 Å². The second-order valence-corrected chi connectivity index (χ2v) is 1.49. The van der Waals surface area contributed by atoms with E-state index in [1.807, 2.05) is 6.07 Å². The highest BCUT2D eigenvalue weighted by molar-refractivity contribution is 5.73. The summed E-state index contributed by atoms with van der Waals surface area (Å²) in [5, 5.41) is 8.28. The van der Waals surface area contributed by atoms with E-state index in [2.05, 4.69) is 4.99 Å². The van der Waals surface area contributed by atoms with Crippen LogP contribution < -0.4 is 0 Å². The van der Waals surface area contributed by atoms with Crippen molar-refractivity contribution in [2.75, 3.05) is 6.54 Å². The van der Waals surface area contributed by atoms with Gasteiger partial charge in [0.15, 0.2) is 0 Å². The Bertz CT molecular complexity index is 162. The summed E-state index contributed by atoms with van der Waals surface area (Å²) < 4.78 is 0. The van der Waals surface area contributed by atoms with Crippen molar-refractivity contribution < 1.29 is 0 Å². The van der Waals surface area contributed by atoms with E-state index in [4.69, 9.17) is 5.26 Å². The van der Waals surface area contributed by atoms with Crippen LogP contribution in [0.25, 0.3) is 0 Å². The van der Waals surface area contributed by atoms with Gasteiger partial charge >= 0.3 is 0 Å². The molecule has 0 unspecified atom stereocenters. The van der Waals surface area contributed by atoms with Crippen molar-refractivity contribution in [2.45, 2.75) is 0 Å². The first kappa shape index (κ1) is 5.04. The topological polar surface area (TPSA) is 36.1 Å². The van der Waals surface area contributed by atoms with Gasteiger partial charge in [-0.3, -0.25) is 4.99 Å². The van der Waals surface area contributed by atoms with Gasteiger partial charge in [-0.05, 0) is 6.08 Å². The standard InChI is InChI=1S/C6H5N2/c7-4-6-2-1-3-8-5-6/h1-3H,5H2. The predicted molar refractivity (Wildman–Crippen MR) is 31.4 cm³/mol. The summed E-state index contributed by atoms with van der Waals surface area (Å²) in [6.07, 6.45) is 5.23. The molecule has 0 N–H and O–H groups in total. The van der Waals surface area contributed by atoms with Gasteiger partial charge in [-0.2, -0.15) is 5.26 Å². The molecule has 0 aromatic rings. The number of nitriles is 1. The smallest absolute Gasteiger partial charge is 0.119 e. The van der Waals surface area contributed by atoms with Gasteiger partial charge in [-0.15, -0.1) is 0 Å². The maximum atomic E-state index is 8.28. The van der Waals surface area contributed by atoms with Crippen LogP contribution in [0, 0.1) is 17.2 Å². The fourth-order valence-corrected chi connectivity index (χ4v) is 0.496. The summed E-state index contributed by atoms with van der Waals surface area (Å²) in [6, 6.07) is 2.02. The second-order valence-electron chi connectivity index (χ2n) is 1.49. The Balaban J connectivity index is 2.55. The van der Waals surface area contributed by atoms with Crippen molar-refractivity contribution in [3.63, 3.8) is 0 Å². The van der Waals surface area contributed by atoms with Crippen molar-refractivity contribution in [1.82, 2.24) is 0 Å². The largest absolute Gasteiger partial charge is 0.291 e. The van der Waals surface area contributed by atoms with Gasteiger partial charge in [0.05, 0.1) is 12.6 Å². The zero-order valence-corrected chi connectivity index (χ0v) is 4.33. The highest BCUT2D eigenvalue weighted by Crippen LogP contribution is 2.02. The Labute approximate surface area is 48.2 Å². The van der Waals surface area contributed by atoms with Crippen molar-refractivity contribution in [2.24, 2.45) is 4.99 Å². The second kappa shape index (κ2) is 2.27. The van der Waals surface area contributed by atoms with E-state index in [1.165, 1.54) is 0 Å². The molecular formula is C6H5N2. The van der Waals surface area contributed by atoms with Gasteiger partial charge in [0.2, 0.25) is 0 Å². The van der Waals surface area contributed by atoms with E-state index in [0.717, 1.165) is 5.92 Å². The van der Waals surface area contributed by atoms with E-state index in [-0.39, 0.29) is 0 Å². The van der Waals surface area contributed by atoms with Crippen LogP contribution >= 0.6 is 0 Å². The molecule has 1 rings (SSSR count). The third-order valence-electron chi connectivity index (χ3n) is 0.894. The van der Waals surface area contributed by atoms with E-state index >= 15 is 0 Å². The van der Waals surface area contributed by atoms with E-state index in [9.17, 15) is 0 Å². The minimum absolute atomic E-state index is 0.549. The van der Waals surface area contributed by atoms with Gasteiger partial charge in [-0.25, -0.2) is 0 Å². The first-order chi connectivity index (χ1) is 3.93. The molecule has 0 saturated heterocycles. The summed E-state index contributed by atoms with van der Waals surface area (Å²) >= 11 is 0. The average molecular weight is 105 g/mol. The number of nitrogens with zero attached hydrogens (tertiary/aromatic N) is 2. The molecule has 2 nitrogen and oxygen atoms in total. The maximum Gasteiger partial charge on any atom is 0.119 e. The van der Waals surface area contributed by atoms with Crippen molar-refractivity contribution >= 4 is 6.21 Å². The Morgan fingerprint density at radius 3 is 3.00 bits per heavy atom. The fourth-order valence-electron chi connectivity index (χ4n) is 0.496. The van der Waals surface area contributed by atoms with Crippen LogP contribution in [0.3, 0.4) is 0 Å². The molecule has 0 fully saturated rings. The molecule has 0 bridgehead atoms. The zero-order valence-electron chi connectivity index (χ0n) is 4.33. The van der Waals surface area contributed by atoms with Crippen LogP contribution in [0.15, 0.2) is 17.1 Å². The van der Waals surface area contributed by atoms with Gasteiger partial charge in [-0.1, -0.05) is 6.08 Å². The van der Waals surface area contributed by atoms with Crippen LogP contribution in [-0.2, 0) is 0 Å². The number of allylic oxidation sites excluding steroid dienone is 1. The molecule has 39 valence electrons. The summed E-state index contributed by atoms with van der Waals surface area (Å²) in [4.78, 5) is 3.86. The zero-order chi connectivity index (χ0) is 5.82. The average Bonchev–Trinajstić information content (AvgIpc) is 1.90. The van der Waals surface area contributed by atoms with Crippen LogP contribution in [0.2, 0.25) is 0 Å². The molecule has 1 aliphatic rings. The maximum absolute atomic E-state index is 8.28. The minimum Gasteiger partial charge on any atom is -0.291 e. The normalized spacial score (nSPS) is 18.4. The van der Waals surface area contributed by atoms with E-state index in [1.54, 1.807) is 18.4 Å². The summed E-state index contributed by atoms with van der Waals surface area (Å²) in [6.45, 7) is 0.549. The molecule has 1 heterocycles. The van der Waals surface area contributed by atoms with Crippen LogP contribution in [0.5, 0.6) is 0 Å². The minimum atomic E-state index is 0.549. The van der Waals surface area contributed by atoms with Crippen LogP contribution in [-0.4, -0.2) is 12.8 Å². The number of dihydropyridines is 1. The monoisotopic (exact) mass is 105 g/mol. The lowest BCUT2D eigenvalue weighted by atomic mass is 10.1. The highest BCUT2D eigenvalue weighted by Gasteiger charge is 2.02. The molecule has 8 heavy (non-hydrogen) atoms. The van der Waals surface area contributed by atoms with Gasteiger partial charge in [0.25, 0.3) is 0 Å². The molecule has 0 aliphatic carbocycles. The summed E-state index contributed by atoms with van der Waals surface area (Å²) in [5.41, 5.74) is 0. The Kier molecular flexibility index (Phi) is 1.43. The highest BCUT2D eigenvalue weighted by atomic mass is 14.7. The molecule has 0 saturated carbocycles. The molecule has 0 spiro atoms. The number of rotatable bonds is 0. The predicted octanol–water partition coefficient (Wildman–Crippen LogP) is 0.725. The van der Waals surface area contributed by atoms with E-state index in [0.29, 0.717) is 6.54 Å². The summed E-state index contributed by atoms with van der Waals surface area (Å²) in [5.74, 6) is 0.729. The quantitative estimate of drug-likeness (QED) is 0.447. The lowest BCUT2D eigenvalue weighted by Crippen LogP contribution is -1.97. The van der Waals surface area contributed by atoms with Gasteiger partial charge < -0.3 is 0 Å². The Morgan fingerprint density at radius 2 is 2.62 bits per heavy atom. The first-order valence-electron chi connectivity index (χ1n) is 2.36. The molecule has 2 heteroatoms. The third-order valence-corrected chi connectivity index (χ3v) is 0.894. The van der Waals surface area contributed by atoms with Crippen molar-refractivity contribution in [1.29, 1.82) is 5.26 Å².